The molecule has 0 aliphatic carbocycles. The topological polar surface area (TPSA) is 101 Å². The highest BCUT2D eigenvalue weighted by Gasteiger charge is 2.17. The minimum atomic E-state index is -0.282. The van der Waals surface area contributed by atoms with Gasteiger partial charge in [-0.2, -0.15) is 5.26 Å². The number of carbonyl (C=O) groups excluding carboxylic acids is 1. The largest absolute Gasteiger partial charge is 0.496 e. The highest BCUT2D eigenvalue weighted by atomic mass is 32.1. The predicted molar refractivity (Wildman–Crippen MR) is 95.1 cm³/mol. The van der Waals surface area contributed by atoms with Crippen LogP contribution in [0.4, 0.5) is 0 Å². The molecule has 1 heterocycles. The van der Waals surface area contributed by atoms with E-state index in [9.17, 15) is 4.79 Å². The summed E-state index contributed by atoms with van der Waals surface area (Å²) in [5, 5.41) is 14.2. The fourth-order valence-corrected chi connectivity index (χ4v) is 3.35. The van der Waals surface area contributed by atoms with Crippen molar-refractivity contribution in [3.05, 3.63) is 40.1 Å². The molecule has 1 amide bonds. The van der Waals surface area contributed by atoms with Crippen LogP contribution in [-0.4, -0.2) is 26.4 Å². The van der Waals surface area contributed by atoms with E-state index >= 15 is 0 Å². The van der Waals surface area contributed by atoms with E-state index in [-0.39, 0.29) is 18.4 Å². The van der Waals surface area contributed by atoms with Gasteiger partial charge in [0.25, 0.3) is 0 Å². The normalized spacial score (nSPS) is 12.0. The average Bonchev–Trinajstić information content (AvgIpc) is 3.09. The SMILES string of the molecule is CNC(CC(=O)N=CN)c1cc(-c2cc(C#N)ccc2OC)cs1. The number of hydrogen-bond donors (Lipinski definition) is 2. The number of hydrogen-bond acceptors (Lipinski definition) is 5. The van der Waals surface area contributed by atoms with Crippen molar-refractivity contribution in [2.24, 2.45) is 10.7 Å². The van der Waals surface area contributed by atoms with Crippen molar-refractivity contribution in [1.82, 2.24) is 5.32 Å². The third kappa shape index (κ3) is 3.98. The first-order valence-electron chi connectivity index (χ1n) is 7.24. The number of nitrogens with zero attached hydrogens (tertiary/aromatic N) is 2. The quantitative estimate of drug-likeness (QED) is 0.620. The number of aliphatic imine (C=N–C) groups is 1. The second kappa shape index (κ2) is 8.24. The number of thiophene rings is 1. The van der Waals surface area contributed by atoms with E-state index in [1.54, 1.807) is 32.4 Å². The maximum atomic E-state index is 11.7. The Labute approximate surface area is 144 Å². The zero-order valence-corrected chi connectivity index (χ0v) is 14.3. The minimum absolute atomic E-state index is 0.148. The molecule has 0 bridgehead atoms. The van der Waals surface area contributed by atoms with Crippen LogP contribution in [0.15, 0.2) is 34.6 Å². The van der Waals surface area contributed by atoms with Gasteiger partial charge < -0.3 is 15.8 Å². The third-order valence-electron chi connectivity index (χ3n) is 3.55. The smallest absolute Gasteiger partial charge is 0.248 e. The number of nitriles is 1. The van der Waals surface area contributed by atoms with Crippen molar-refractivity contribution in [2.75, 3.05) is 14.2 Å². The van der Waals surface area contributed by atoms with Gasteiger partial charge in [-0.15, -0.1) is 11.3 Å². The van der Waals surface area contributed by atoms with Crippen molar-refractivity contribution < 1.29 is 9.53 Å². The molecule has 7 heteroatoms. The second-order valence-electron chi connectivity index (χ2n) is 4.98. The van der Waals surface area contributed by atoms with Crippen molar-refractivity contribution in [1.29, 1.82) is 5.26 Å². The molecule has 2 rings (SSSR count). The third-order valence-corrected chi connectivity index (χ3v) is 4.59. The molecule has 0 aliphatic heterocycles. The molecule has 0 fully saturated rings. The summed E-state index contributed by atoms with van der Waals surface area (Å²) < 4.78 is 5.38. The van der Waals surface area contributed by atoms with Crippen LogP contribution in [0.2, 0.25) is 0 Å². The summed E-state index contributed by atoms with van der Waals surface area (Å²) in [6.45, 7) is 0. The van der Waals surface area contributed by atoms with Gasteiger partial charge >= 0.3 is 0 Å². The lowest BCUT2D eigenvalue weighted by Gasteiger charge is -2.12. The van der Waals surface area contributed by atoms with Crippen molar-refractivity contribution in [3.63, 3.8) is 0 Å². The van der Waals surface area contributed by atoms with E-state index in [4.69, 9.17) is 15.7 Å². The number of rotatable bonds is 6. The van der Waals surface area contributed by atoms with Crippen molar-refractivity contribution in [3.8, 4) is 22.9 Å². The number of carbonyl (C=O) groups is 1. The van der Waals surface area contributed by atoms with Crippen LogP contribution in [0.5, 0.6) is 5.75 Å². The number of nitrogens with two attached hydrogens (primary N) is 1. The number of benzene rings is 1. The first-order valence-corrected chi connectivity index (χ1v) is 8.12. The molecule has 0 aliphatic rings. The van der Waals surface area contributed by atoms with Crippen LogP contribution in [-0.2, 0) is 4.79 Å². The summed E-state index contributed by atoms with van der Waals surface area (Å²) >= 11 is 1.53. The fourth-order valence-electron chi connectivity index (χ4n) is 2.34. The van der Waals surface area contributed by atoms with E-state index in [0.29, 0.717) is 11.3 Å². The van der Waals surface area contributed by atoms with E-state index in [0.717, 1.165) is 22.3 Å². The fraction of sp³-hybridized carbons (Fsp3) is 0.235. The molecule has 1 aromatic carbocycles. The zero-order valence-electron chi connectivity index (χ0n) is 13.4. The van der Waals surface area contributed by atoms with E-state index in [2.05, 4.69) is 16.4 Å². The molecule has 3 N–H and O–H groups in total. The first-order chi connectivity index (χ1) is 11.6. The first kappa shape index (κ1) is 17.7. The van der Waals surface area contributed by atoms with Gasteiger partial charge in [0.1, 0.15) is 5.75 Å². The molecule has 1 aromatic heterocycles. The lowest BCUT2D eigenvalue weighted by Crippen LogP contribution is -2.18. The van der Waals surface area contributed by atoms with Gasteiger partial charge in [0, 0.05) is 16.9 Å². The molecule has 0 spiro atoms. The summed E-state index contributed by atoms with van der Waals surface area (Å²) in [5.41, 5.74) is 7.51. The van der Waals surface area contributed by atoms with Crippen LogP contribution in [0.3, 0.4) is 0 Å². The molecule has 24 heavy (non-hydrogen) atoms. The van der Waals surface area contributed by atoms with Crippen LogP contribution >= 0.6 is 11.3 Å². The average molecular weight is 342 g/mol. The summed E-state index contributed by atoms with van der Waals surface area (Å²) in [7, 11) is 3.39. The Morgan fingerprint density at radius 3 is 2.96 bits per heavy atom. The summed E-state index contributed by atoms with van der Waals surface area (Å²) in [6.07, 6.45) is 1.23. The van der Waals surface area contributed by atoms with E-state index in [1.807, 2.05) is 11.4 Å². The highest BCUT2D eigenvalue weighted by molar-refractivity contribution is 7.10. The summed E-state index contributed by atoms with van der Waals surface area (Å²) in [6, 6.07) is 9.27. The van der Waals surface area contributed by atoms with Crippen LogP contribution in [0.25, 0.3) is 11.1 Å². The van der Waals surface area contributed by atoms with E-state index in [1.165, 1.54) is 11.3 Å². The molecule has 1 unspecified atom stereocenters. The molecular formula is C17H18N4O2S. The van der Waals surface area contributed by atoms with Gasteiger partial charge in [-0.3, -0.25) is 4.79 Å². The Bertz CT molecular complexity index is 792. The standard InChI is InChI=1S/C17H18N4O2S/c1-20-14(7-17(22)21-10-19)16-6-12(9-24-16)13-5-11(8-18)3-4-15(13)23-2/h3-6,9-10,14,20H,7H2,1-2H3,(H2,19,21,22). The van der Waals surface area contributed by atoms with Gasteiger partial charge in [0.15, 0.2) is 0 Å². The second-order valence-corrected chi connectivity index (χ2v) is 5.92. The lowest BCUT2D eigenvalue weighted by atomic mass is 10.0. The van der Waals surface area contributed by atoms with Gasteiger partial charge in [0.05, 0.1) is 31.1 Å². The highest BCUT2D eigenvalue weighted by Crippen LogP contribution is 2.36. The van der Waals surface area contributed by atoms with Crippen molar-refractivity contribution in [2.45, 2.75) is 12.5 Å². The Morgan fingerprint density at radius 2 is 2.33 bits per heavy atom. The molecule has 1 atom stereocenters. The molecular weight excluding hydrogens is 324 g/mol. The Morgan fingerprint density at radius 1 is 1.54 bits per heavy atom. The number of ether oxygens (including phenoxy) is 1. The molecule has 0 saturated carbocycles. The molecule has 6 nitrogen and oxygen atoms in total. The van der Waals surface area contributed by atoms with Gasteiger partial charge in [0.2, 0.25) is 5.91 Å². The van der Waals surface area contributed by atoms with Crippen molar-refractivity contribution >= 4 is 23.6 Å². The molecule has 0 saturated heterocycles. The van der Waals surface area contributed by atoms with Gasteiger partial charge in [-0.25, -0.2) is 4.99 Å². The van der Waals surface area contributed by atoms with Gasteiger partial charge in [-0.05, 0) is 42.3 Å². The molecule has 2 aromatic rings. The van der Waals surface area contributed by atoms with Gasteiger partial charge in [-0.1, -0.05) is 0 Å². The minimum Gasteiger partial charge on any atom is -0.496 e. The number of methoxy groups -OCH3 is 1. The lowest BCUT2D eigenvalue weighted by molar-refractivity contribution is -0.118. The van der Waals surface area contributed by atoms with Crippen LogP contribution < -0.4 is 15.8 Å². The zero-order chi connectivity index (χ0) is 17.5. The predicted octanol–water partition coefficient (Wildman–Crippen LogP) is 2.46. The molecule has 0 radical (unpaired) electrons. The Balaban J connectivity index is 2.33. The maximum absolute atomic E-state index is 11.7. The number of amides is 1. The van der Waals surface area contributed by atoms with Crippen LogP contribution in [0.1, 0.15) is 22.9 Å². The maximum Gasteiger partial charge on any atom is 0.248 e. The summed E-state index contributed by atoms with van der Waals surface area (Å²) in [5.74, 6) is 0.416. The number of nitrogens with one attached hydrogen (secondary N) is 1. The summed E-state index contributed by atoms with van der Waals surface area (Å²) in [4.78, 5) is 16.3. The monoisotopic (exact) mass is 342 g/mol. The Kier molecular flexibility index (Phi) is 6.07. The van der Waals surface area contributed by atoms with E-state index < -0.39 is 0 Å². The van der Waals surface area contributed by atoms with Crippen LogP contribution in [0, 0.1) is 11.3 Å². The molecule has 124 valence electrons. The Hall–Kier alpha value is -2.69.